The van der Waals surface area contributed by atoms with Gasteiger partial charge in [-0.25, -0.2) is 0 Å². The van der Waals surface area contributed by atoms with Gasteiger partial charge in [-0.1, -0.05) is 25.8 Å². The molecule has 0 bridgehead atoms. The second-order valence-electron chi connectivity index (χ2n) is 5.62. The third-order valence-corrected chi connectivity index (χ3v) is 3.91. The van der Waals surface area contributed by atoms with Gasteiger partial charge in [0.25, 0.3) is 0 Å². The second-order valence-corrected chi connectivity index (χ2v) is 5.62. The molecular formula is C18H21N3O2. The molecule has 1 aromatic heterocycles. The molecule has 0 aliphatic rings. The molecule has 120 valence electrons. The van der Waals surface area contributed by atoms with Gasteiger partial charge in [-0.05, 0) is 42.7 Å². The zero-order valence-corrected chi connectivity index (χ0v) is 13.5. The van der Waals surface area contributed by atoms with E-state index in [1.807, 2.05) is 30.3 Å². The highest BCUT2D eigenvalue weighted by molar-refractivity contribution is 5.75. The van der Waals surface area contributed by atoms with E-state index in [0.717, 1.165) is 35.2 Å². The van der Waals surface area contributed by atoms with Crippen molar-refractivity contribution in [3.05, 3.63) is 42.0 Å². The highest BCUT2D eigenvalue weighted by Crippen LogP contribution is 2.25. The molecule has 0 aliphatic carbocycles. The summed E-state index contributed by atoms with van der Waals surface area (Å²) in [5.41, 5.74) is 3.21. The van der Waals surface area contributed by atoms with Gasteiger partial charge in [0.2, 0.25) is 0 Å². The summed E-state index contributed by atoms with van der Waals surface area (Å²) in [5.74, 6) is 0.936. The zero-order chi connectivity index (χ0) is 16.2. The zero-order valence-electron chi connectivity index (χ0n) is 13.5. The first kappa shape index (κ1) is 15.3. The number of phenols is 1. The number of methoxy groups -OCH3 is 1. The van der Waals surface area contributed by atoms with Crippen LogP contribution >= 0.6 is 0 Å². The number of ether oxygens (including phenoxy) is 1. The summed E-state index contributed by atoms with van der Waals surface area (Å²) in [5, 5.41) is 19.1. The summed E-state index contributed by atoms with van der Waals surface area (Å²) >= 11 is 0. The molecule has 0 amide bonds. The molecule has 1 N–H and O–H groups in total. The topological polar surface area (TPSA) is 60.2 Å². The number of rotatable bonds is 6. The van der Waals surface area contributed by atoms with Crippen LogP contribution < -0.4 is 4.74 Å². The summed E-state index contributed by atoms with van der Waals surface area (Å²) in [6, 6.07) is 11.2. The Morgan fingerprint density at radius 2 is 1.87 bits per heavy atom. The van der Waals surface area contributed by atoms with Crippen molar-refractivity contribution in [1.82, 2.24) is 15.0 Å². The van der Waals surface area contributed by atoms with Crippen LogP contribution in [0.2, 0.25) is 0 Å². The Bertz CT molecular complexity index is 811. The molecule has 5 heteroatoms. The van der Waals surface area contributed by atoms with Crippen LogP contribution in [0.5, 0.6) is 11.5 Å². The monoisotopic (exact) mass is 311 g/mol. The molecule has 3 aromatic rings. The van der Waals surface area contributed by atoms with Crippen LogP contribution in [0, 0.1) is 0 Å². The van der Waals surface area contributed by atoms with Gasteiger partial charge in [0.05, 0.1) is 7.11 Å². The maximum atomic E-state index is 10.3. The Morgan fingerprint density at radius 1 is 1.04 bits per heavy atom. The average Bonchev–Trinajstić information content (AvgIpc) is 2.97. The van der Waals surface area contributed by atoms with Crippen molar-refractivity contribution in [2.24, 2.45) is 0 Å². The molecule has 2 aromatic carbocycles. The maximum Gasteiger partial charge on any atom is 0.143 e. The van der Waals surface area contributed by atoms with Gasteiger partial charge in [0.1, 0.15) is 28.2 Å². The fourth-order valence-corrected chi connectivity index (χ4v) is 2.60. The third kappa shape index (κ3) is 3.28. The van der Waals surface area contributed by atoms with Gasteiger partial charge in [0.15, 0.2) is 0 Å². The van der Waals surface area contributed by atoms with Gasteiger partial charge < -0.3 is 9.84 Å². The number of aromatic hydroxyl groups is 1. The van der Waals surface area contributed by atoms with Crippen molar-refractivity contribution in [2.45, 2.75) is 32.6 Å². The Kier molecular flexibility index (Phi) is 4.46. The highest BCUT2D eigenvalue weighted by Gasteiger charge is 2.10. The van der Waals surface area contributed by atoms with Crippen molar-refractivity contribution < 1.29 is 9.84 Å². The molecule has 0 spiro atoms. The van der Waals surface area contributed by atoms with E-state index in [4.69, 9.17) is 4.74 Å². The minimum absolute atomic E-state index is 0.200. The quantitative estimate of drug-likeness (QED) is 0.702. The molecule has 0 saturated heterocycles. The smallest absolute Gasteiger partial charge is 0.143 e. The van der Waals surface area contributed by atoms with Crippen LogP contribution in [0.25, 0.3) is 16.7 Å². The van der Waals surface area contributed by atoms with Crippen molar-refractivity contribution in [2.75, 3.05) is 7.11 Å². The summed E-state index contributed by atoms with van der Waals surface area (Å²) in [7, 11) is 1.62. The Labute approximate surface area is 135 Å². The minimum atomic E-state index is 0.200. The van der Waals surface area contributed by atoms with Gasteiger partial charge in [-0.2, -0.15) is 0 Å². The first-order valence-corrected chi connectivity index (χ1v) is 7.94. The predicted octanol–water partition coefficient (Wildman–Crippen LogP) is 3.87. The molecule has 23 heavy (non-hydrogen) atoms. The molecule has 5 nitrogen and oxygen atoms in total. The van der Waals surface area contributed by atoms with Crippen LogP contribution in [0.1, 0.15) is 31.7 Å². The van der Waals surface area contributed by atoms with Crippen molar-refractivity contribution in [3.63, 3.8) is 0 Å². The fourth-order valence-electron chi connectivity index (χ4n) is 2.60. The van der Waals surface area contributed by atoms with Gasteiger partial charge in [-0.3, -0.25) is 0 Å². The van der Waals surface area contributed by atoms with E-state index >= 15 is 0 Å². The number of phenolic OH excluding ortho intramolecular Hbond substituents is 1. The standard InChI is InChI=1S/C18H21N3O2/c1-3-4-5-6-13-7-10-17(18(22)11-13)21-19-15-9-8-14(23-2)12-16(15)20-21/h7-12,22H,3-6H2,1-2H3. The fraction of sp³-hybridized carbons (Fsp3) is 0.333. The molecule has 3 rings (SSSR count). The number of fused-ring (bicyclic) bond motifs is 1. The lowest BCUT2D eigenvalue weighted by molar-refractivity contribution is 0.415. The van der Waals surface area contributed by atoms with E-state index in [2.05, 4.69) is 17.1 Å². The lowest BCUT2D eigenvalue weighted by atomic mass is 10.1. The lowest BCUT2D eigenvalue weighted by Crippen LogP contribution is -1.99. The molecule has 0 fully saturated rings. The van der Waals surface area contributed by atoms with E-state index < -0.39 is 0 Å². The Hall–Kier alpha value is -2.56. The molecule has 0 unspecified atom stereocenters. The molecule has 1 heterocycles. The van der Waals surface area contributed by atoms with E-state index in [1.165, 1.54) is 17.6 Å². The van der Waals surface area contributed by atoms with Crippen LogP contribution in [-0.2, 0) is 6.42 Å². The molecule has 0 radical (unpaired) electrons. The van der Waals surface area contributed by atoms with E-state index in [1.54, 1.807) is 13.2 Å². The highest BCUT2D eigenvalue weighted by atomic mass is 16.5. The maximum absolute atomic E-state index is 10.3. The van der Waals surface area contributed by atoms with Crippen molar-refractivity contribution >= 4 is 11.0 Å². The number of hydrogen-bond donors (Lipinski definition) is 1. The predicted molar refractivity (Wildman–Crippen MR) is 90.3 cm³/mol. The SMILES string of the molecule is CCCCCc1ccc(-n2nc3ccc(OC)cc3n2)c(O)c1. The summed E-state index contributed by atoms with van der Waals surface area (Å²) in [6.45, 7) is 2.18. The van der Waals surface area contributed by atoms with Gasteiger partial charge in [-0.15, -0.1) is 15.0 Å². The minimum Gasteiger partial charge on any atom is -0.506 e. The van der Waals surface area contributed by atoms with E-state index in [-0.39, 0.29) is 5.75 Å². The molecular weight excluding hydrogens is 290 g/mol. The van der Waals surface area contributed by atoms with Crippen LogP contribution in [0.15, 0.2) is 36.4 Å². The number of aromatic nitrogens is 3. The number of benzene rings is 2. The molecule has 0 saturated carbocycles. The molecule has 0 aliphatic heterocycles. The largest absolute Gasteiger partial charge is 0.506 e. The summed E-state index contributed by atoms with van der Waals surface area (Å²) in [6.07, 6.45) is 4.51. The van der Waals surface area contributed by atoms with Gasteiger partial charge >= 0.3 is 0 Å². The third-order valence-electron chi connectivity index (χ3n) is 3.91. The van der Waals surface area contributed by atoms with Crippen molar-refractivity contribution in [1.29, 1.82) is 0 Å². The molecule has 0 atom stereocenters. The number of aryl methyl sites for hydroxylation is 1. The number of nitrogens with zero attached hydrogens (tertiary/aromatic N) is 3. The van der Waals surface area contributed by atoms with E-state index in [0.29, 0.717) is 5.69 Å². The number of hydrogen-bond acceptors (Lipinski definition) is 4. The van der Waals surface area contributed by atoms with Gasteiger partial charge in [0, 0.05) is 6.07 Å². The van der Waals surface area contributed by atoms with Crippen molar-refractivity contribution in [3.8, 4) is 17.2 Å². The van der Waals surface area contributed by atoms with Crippen LogP contribution in [0.4, 0.5) is 0 Å². The summed E-state index contributed by atoms with van der Waals surface area (Å²) < 4.78 is 5.20. The average molecular weight is 311 g/mol. The summed E-state index contributed by atoms with van der Waals surface area (Å²) in [4.78, 5) is 1.47. The Balaban J connectivity index is 1.89. The van der Waals surface area contributed by atoms with E-state index in [9.17, 15) is 5.11 Å². The van der Waals surface area contributed by atoms with Crippen LogP contribution in [0.3, 0.4) is 0 Å². The second kappa shape index (κ2) is 6.69. The Morgan fingerprint density at radius 3 is 2.61 bits per heavy atom. The van der Waals surface area contributed by atoms with Crippen LogP contribution in [-0.4, -0.2) is 27.2 Å². The first-order chi connectivity index (χ1) is 11.2. The first-order valence-electron chi connectivity index (χ1n) is 7.94. The normalized spacial score (nSPS) is 11.0. The number of unbranched alkanes of at least 4 members (excludes halogenated alkanes) is 2. The lowest BCUT2D eigenvalue weighted by Gasteiger charge is -2.06.